The molecule has 2 aromatic rings. The first-order valence-corrected chi connectivity index (χ1v) is 5.68. The summed E-state index contributed by atoms with van der Waals surface area (Å²) < 4.78 is 13.9. The Morgan fingerprint density at radius 2 is 1.83 bits per heavy atom. The quantitative estimate of drug-likeness (QED) is 0.766. The Bertz CT molecular complexity index is 580. The number of nitrogens with zero attached hydrogens (tertiary/aromatic N) is 1. The molecule has 0 heterocycles. The van der Waals surface area contributed by atoms with Gasteiger partial charge in [-0.05, 0) is 30.7 Å². The van der Waals surface area contributed by atoms with Gasteiger partial charge in [0, 0.05) is 18.3 Å². The Morgan fingerprint density at radius 3 is 2.50 bits per heavy atom. The molecule has 0 aliphatic carbocycles. The van der Waals surface area contributed by atoms with Crippen molar-refractivity contribution in [3.8, 4) is 0 Å². The van der Waals surface area contributed by atoms with Crippen molar-refractivity contribution in [1.82, 2.24) is 0 Å². The lowest BCUT2D eigenvalue weighted by molar-refractivity contribution is 0.112. The van der Waals surface area contributed by atoms with Crippen LogP contribution in [0.5, 0.6) is 0 Å². The Morgan fingerprint density at radius 1 is 1.11 bits per heavy atom. The smallest absolute Gasteiger partial charge is 0.152 e. The van der Waals surface area contributed by atoms with E-state index in [0.29, 0.717) is 17.5 Å². The number of halogens is 1. The minimum Gasteiger partial charge on any atom is -0.341 e. The number of aryl methyl sites for hydroxylation is 1. The highest BCUT2D eigenvalue weighted by Crippen LogP contribution is 2.30. The highest BCUT2D eigenvalue weighted by atomic mass is 19.1. The molecule has 0 aliphatic rings. The van der Waals surface area contributed by atoms with Crippen molar-refractivity contribution in [3.05, 3.63) is 59.4 Å². The third-order valence-electron chi connectivity index (χ3n) is 2.96. The zero-order chi connectivity index (χ0) is 13.1. The maximum atomic E-state index is 13.9. The number of hydrogen-bond donors (Lipinski definition) is 0. The molecule has 2 aromatic carbocycles. The van der Waals surface area contributed by atoms with Crippen LogP contribution in [0.2, 0.25) is 0 Å². The van der Waals surface area contributed by atoms with Crippen LogP contribution in [0.15, 0.2) is 42.5 Å². The molecule has 0 radical (unpaired) electrons. The van der Waals surface area contributed by atoms with Crippen LogP contribution < -0.4 is 4.90 Å². The molecule has 0 saturated heterocycles. The first-order valence-electron chi connectivity index (χ1n) is 5.68. The molecule has 0 spiro atoms. The summed E-state index contributed by atoms with van der Waals surface area (Å²) >= 11 is 0. The van der Waals surface area contributed by atoms with E-state index < -0.39 is 5.82 Å². The molecule has 92 valence electrons. The predicted molar refractivity (Wildman–Crippen MR) is 71.0 cm³/mol. The summed E-state index contributed by atoms with van der Waals surface area (Å²) in [6.07, 6.45) is 0.674. The first-order chi connectivity index (χ1) is 8.65. The fourth-order valence-corrected chi connectivity index (χ4v) is 2.04. The van der Waals surface area contributed by atoms with Crippen LogP contribution in [0.4, 0.5) is 15.8 Å². The van der Waals surface area contributed by atoms with E-state index in [1.54, 1.807) is 18.0 Å². The maximum absolute atomic E-state index is 13.9. The number of aldehydes is 1. The third-order valence-corrected chi connectivity index (χ3v) is 2.96. The summed E-state index contributed by atoms with van der Waals surface area (Å²) in [5.41, 5.74) is 2.56. The Hall–Kier alpha value is -2.16. The Kier molecular flexibility index (Phi) is 3.42. The van der Waals surface area contributed by atoms with Crippen LogP contribution in [0.3, 0.4) is 0 Å². The van der Waals surface area contributed by atoms with Gasteiger partial charge in [0.1, 0.15) is 5.82 Å². The fourth-order valence-electron chi connectivity index (χ4n) is 2.04. The van der Waals surface area contributed by atoms with Crippen LogP contribution in [-0.4, -0.2) is 13.3 Å². The molecule has 18 heavy (non-hydrogen) atoms. The molecule has 3 heteroatoms. The van der Waals surface area contributed by atoms with Crippen LogP contribution in [-0.2, 0) is 0 Å². The van der Waals surface area contributed by atoms with E-state index >= 15 is 0 Å². The standard InChI is InChI=1S/C15H14FNO/c1-11-6-3-4-9-14(11)17(2)15-12(10-18)7-5-8-13(15)16/h3-10H,1-2H3. The van der Waals surface area contributed by atoms with Gasteiger partial charge >= 0.3 is 0 Å². The van der Waals surface area contributed by atoms with E-state index in [1.165, 1.54) is 12.1 Å². The normalized spacial score (nSPS) is 10.2. The van der Waals surface area contributed by atoms with Crippen LogP contribution in [0, 0.1) is 12.7 Å². The van der Waals surface area contributed by atoms with E-state index in [0.717, 1.165) is 11.3 Å². The maximum Gasteiger partial charge on any atom is 0.152 e. The summed E-state index contributed by atoms with van der Waals surface area (Å²) in [4.78, 5) is 12.7. The molecule has 0 amide bonds. The summed E-state index contributed by atoms with van der Waals surface area (Å²) in [5, 5.41) is 0. The van der Waals surface area contributed by atoms with Crippen molar-refractivity contribution in [2.45, 2.75) is 6.92 Å². The van der Waals surface area contributed by atoms with Crippen molar-refractivity contribution < 1.29 is 9.18 Å². The van der Waals surface area contributed by atoms with Crippen molar-refractivity contribution in [2.24, 2.45) is 0 Å². The van der Waals surface area contributed by atoms with Gasteiger partial charge in [0.05, 0.1) is 5.69 Å². The third kappa shape index (κ3) is 2.12. The number of hydrogen-bond acceptors (Lipinski definition) is 2. The van der Waals surface area contributed by atoms with Crippen molar-refractivity contribution >= 4 is 17.7 Å². The first kappa shape index (κ1) is 12.3. The number of carbonyl (C=O) groups is 1. The van der Waals surface area contributed by atoms with Gasteiger partial charge in [-0.25, -0.2) is 4.39 Å². The minimum atomic E-state index is -0.398. The van der Waals surface area contributed by atoms with E-state index in [4.69, 9.17) is 0 Å². The Labute approximate surface area is 106 Å². The molecule has 0 aromatic heterocycles. The molecule has 0 fully saturated rings. The second kappa shape index (κ2) is 5.00. The van der Waals surface area contributed by atoms with Crippen molar-refractivity contribution in [3.63, 3.8) is 0 Å². The Balaban J connectivity index is 2.56. The highest BCUT2D eigenvalue weighted by molar-refractivity contribution is 5.87. The van der Waals surface area contributed by atoms with Gasteiger partial charge in [0.25, 0.3) is 0 Å². The van der Waals surface area contributed by atoms with Gasteiger partial charge < -0.3 is 4.90 Å². The zero-order valence-electron chi connectivity index (χ0n) is 10.4. The number of anilines is 2. The van der Waals surface area contributed by atoms with E-state index in [2.05, 4.69) is 0 Å². The molecule has 0 saturated carbocycles. The second-order valence-corrected chi connectivity index (χ2v) is 4.14. The molecule has 0 atom stereocenters. The minimum absolute atomic E-state index is 0.307. The van der Waals surface area contributed by atoms with Crippen LogP contribution >= 0.6 is 0 Å². The van der Waals surface area contributed by atoms with Gasteiger partial charge in [0.2, 0.25) is 0 Å². The molecular weight excluding hydrogens is 229 g/mol. The summed E-state index contributed by atoms with van der Waals surface area (Å²) in [5.74, 6) is -0.398. The van der Waals surface area contributed by atoms with Crippen LogP contribution in [0.1, 0.15) is 15.9 Å². The molecule has 0 unspecified atom stereocenters. The molecular formula is C15H14FNO. The number of benzene rings is 2. The largest absolute Gasteiger partial charge is 0.341 e. The van der Waals surface area contributed by atoms with Gasteiger partial charge in [-0.2, -0.15) is 0 Å². The lowest BCUT2D eigenvalue weighted by Gasteiger charge is -2.23. The number of rotatable bonds is 3. The van der Waals surface area contributed by atoms with Crippen molar-refractivity contribution in [2.75, 3.05) is 11.9 Å². The second-order valence-electron chi connectivity index (χ2n) is 4.14. The molecule has 2 rings (SSSR count). The van der Waals surface area contributed by atoms with Gasteiger partial charge in [-0.1, -0.05) is 24.3 Å². The molecule has 2 nitrogen and oxygen atoms in total. The van der Waals surface area contributed by atoms with E-state index in [9.17, 15) is 9.18 Å². The van der Waals surface area contributed by atoms with E-state index in [1.807, 2.05) is 31.2 Å². The van der Waals surface area contributed by atoms with E-state index in [-0.39, 0.29) is 0 Å². The monoisotopic (exact) mass is 243 g/mol. The highest BCUT2D eigenvalue weighted by Gasteiger charge is 2.15. The lowest BCUT2D eigenvalue weighted by Crippen LogP contribution is -2.14. The summed E-state index contributed by atoms with van der Waals surface area (Å²) in [6.45, 7) is 1.95. The predicted octanol–water partition coefficient (Wildman–Crippen LogP) is 3.71. The average Bonchev–Trinajstić information content (AvgIpc) is 2.38. The zero-order valence-corrected chi connectivity index (χ0v) is 10.4. The van der Waals surface area contributed by atoms with Crippen LogP contribution in [0.25, 0.3) is 0 Å². The average molecular weight is 243 g/mol. The number of para-hydroxylation sites is 2. The molecule has 0 bridgehead atoms. The molecule has 0 N–H and O–H groups in total. The van der Waals surface area contributed by atoms with Gasteiger partial charge in [-0.3, -0.25) is 4.79 Å². The number of carbonyl (C=O) groups excluding carboxylic acids is 1. The summed E-state index contributed by atoms with van der Waals surface area (Å²) in [7, 11) is 1.76. The van der Waals surface area contributed by atoms with Gasteiger partial charge in [-0.15, -0.1) is 0 Å². The molecule has 0 aliphatic heterocycles. The SMILES string of the molecule is Cc1ccccc1N(C)c1c(F)cccc1C=O. The lowest BCUT2D eigenvalue weighted by atomic mass is 10.1. The summed E-state index contributed by atoms with van der Waals surface area (Å²) in [6, 6.07) is 12.2. The van der Waals surface area contributed by atoms with Gasteiger partial charge in [0.15, 0.2) is 6.29 Å². The fraction of sp³-hybridized carbons (Fsp3) is 0.133. The van der Waals surface area contributed by atoms with Crippen molar-refractivity contribution in [1.29, 1.82) is 0 Å². The topological polar surface area (TPSA) is 20.3 Å².